The van der Waals surface area contributed by atoms with E-state index in [-0.39, 0.29) is 17.6 Å². The molecular formula is C10H14N4O2. The van der Waals surface area contributed by atoms with Gasteiger partial charge in [-0.05, 0) is 12.8 Å². The van der Waals surface area contributed by atoms with Crippen LogP contribution in [0.1, 0.15) is 47.5 Å². The monoisotopic (exact) mass is 222 g/mol. The molecule has 6 nitrogen and oxygen atoms in total. The molecule has 1 fully saturated rings. The number of primary amides is 1. The first kappa shape index (κ1) is 10.8. The largest absolute Gasteiger partial charge is 0.363 e. The Balaban J connectivity index is 2.19. The van der Waals surface area contributed by atoms with E-state index in [2.05, 4.69) is 10.1 Å². The zero-order chi connectivity index (χ0) is 11.5. The van der Waals surface area contributed by atoms with Crippen LogP contribution in [0.3, 0.4) is 0 Å². The van der Waals surface area contributed by atoms with Crippen LogP contribution in [0.4, 0.5) is 0 Å². The van der Waals surface area contributed by atoms with Gasteiger partial charge in [0, 0.05) is 5.92 Å². The third-order valence-corrected chi connectivity index (χ3v) is 2.93. The van der Waals surface area contributed by atoms with Crippen LogP contribution in [0.2, 0.25) is 0 Å². The van der Waals surface area contributed by atoms with Gasteiger partial charge in [-0.25, -0.2) is 4.98 Å². The van der Waals surface area contributed by atoms with Crippen molar-refractivity contribution in [3.8, 4) is 0 Å². The van der Waals surface area contributed by atoms with Crippen LogP contribution in [-0.2, 0) is 0 Å². The second-order valence-electron chi connectivity index (χ2n) is 4.03. The van der Waals surface area contributed by atoms with Crippen molar-refractivity contribution in [1.29, 1.82) is 0 Å². The Hall–Kier alpha value is -1.72. The molecule has 1 heterocycles. The average Bonchev–Trinajstić information content (AvgIpc) is 2.78. The molecule has 6 heteroatoms. The molecule has 0 aliphatic heterocycles. The van der Waals surface area contributed by atoms with Gasteiger partial charge in [0.25, 0.3) is 11.8 Å². The van der Waals surface area contributed by atoms with Gasteiger partial charge in [-0.2, -0.15) is 9.78 Å². The fraction of sp³-hybridized carbons (Fsp3) is 0.600. The summed E-state index contributed by atoms with van der Waals surface area (Å²) in [7, 11) is 0. The van der Waals surface area contributed by atoms with Crippen molar-refractivity contribution < 1.29 is 9.59 Å². The van der Waals surface area contributed by atoms with E-state index in [1.165, 1.54) is 12.7 Å². The first-order chi connectivity index (χ1) is 7.70. The van der Waals surface area contributed by atoms with E-state index in [1.54, 1.807) is 0 Å². The van der Waals surface area contributed by atoms with Crippen molar-refractivity contribution in [2.24, 2.45) is 11.7 Å². The van der Waals surface area contributed by atoms with E-state index in [4.69, 9.17) is 5.73 Å². The second-order valence-corrected chi connectivity index (χ2v) is 4.03. The molecule has 0 saturated heterocycles. The Morgan fingerprint density at radius 3 is 2.62 bits per heavy atom. The van der Waals surface area contributed by atoms with Crippen LogP contribution in [0.5, 0.6) is 0 Å². The SMILES string of the molecule is NC(=O)c1ncnn1C(=O)C1CCCCC1. The molecule has 2 N–H and O–H groups in total. The molecule has 1 aliphatic rings. The van der Waals surface area contributed by atoms with Gasteiger partial charge < -0.3 is 5.73 Å². The lowest BCUT2D eigenvalue weighted by Crippen LogP contribution is -2.29. The number of rotatable bonds is 2. The normalized spacial score (nSPS) is 17.2. The zero-order valence-corrected chi connectivity index (χ0v) is 8.93. The summed E-state index contributed by atoms with van der Waals surface area (Å²) in [5.74, 6) is -1.00. The van der Waals surface area contributed by atoms with Crippen molar-refractivity contribution in [2.45, 2.75) is 32.1 Å². The van der Waals surface area contributed by atoms with Crippen molar-refractivity contribution in [3.63, 3.8) is 0 Å². The van der Waals surface area contributed by atoms with Crippen molar-refractivity contribution >= 4 is 11.8 Å². The summed E-state index contributed by atoms with van der Waals surface area (Å²) in [6, 6.07) is 0. The molecule has 1 aromatic heterocycles. The van der Waals surface area contributed by atoms with Gasteiger partial charge in [-0.15, -0.1) is 0 Å². The Bertz CT molecular complexity index is 407. The average molecular weight is 222 g/mol. The van der Waals surface area contributed by atoms with Gasteiger partial charge in [0.2, 0.25) is 5.82 Å². The number of carbonyl (C=O) groups is 2. The van der Waals surface area contributed by atoms with Crippen molar-refractivity contribution in [3.05, 3.63) is 12.2 Å². The third-order valence-electron chi connectivity index (χ3n) is 2.93. The highest BCUT2D eigenvalue weighted by Crippen LogP contribution is 2.24. The number of aromatic nitrogens is 3. The molecule has 0 spiro atoms. The van der Waals surface area contributed by atoms with Gasteiger partial charge in [-0.3, -0.25) is 9.59 Å². The predicted octanol–water partition coefficient (Wildman–Crippen LogP) is 0.597. The van der Waals surface area contributed by atoms with Crippen LogP contribution >= 0.6 is 0 Å². The van der Waals surface area contributed by atoms with Gasteiger partial charge >= 0.3 is 0 Å². The van der Waals surface area contributed by atoms with Crippen LogP contribution in [0.25, 0.3) is 0 Å². The van der Waals surface area contributed by atoms with Crippen LogP contribution in [0.15, 0.2) is 6.33 Å². The highest BCUT2D eigenvalue weighted by atomic mass is 16.2. The van der Waals surface area contributed by atoms with E-state index >= 15 is 0 Å². The Labute approximate surface area is 92.8 Å². The highest BCUT2D eigenvalue weighted by molar-refractivity contribution is 5.94. The standard InChI is InChI=1S/C10H14N4O2/c11-8(15)9-12-6-13-14(9)10(16)7-4-2-1-3-5-7/h6-7H,1-5H2,(H2,11,15). The van der Waals surface area contributed by atoms with Gasteiger partial charge in [0.1, 0.15) is 6.33 Å². The molecule has 86 valence electrons. The summed E-state index contributed by atoms with van der Waals surface area (Å²) >= 11 is 0. The fourth-order valence-electron chi connectivity index (χ4n) is 2.09. The summed E-state index contributed by atoms with van der Waals surface area (Å²) in [6.07, 6.45) is 6.17. The summed E-state index contributed by atoms with van der Waals surface area (Å²) in [6.45, 7) is 0. The number of hydrogen-bond acceptors (Lipinski definition) is 4. The number of carbonyl (C=O) groups excluding carboxylic acids is 2. The molecule has 0 atom stereocenters. The summed E-state index contributed by atoms with van der Waals surface area (Å²) in [5.41, 5.74) is 5.11. The molecule has 0 bridgehead atoms. The molecule has 16 heavy (non-hydrogen) atoms. The smallest absolute Gasteiger partial charge is 0.286 e. The molecular weight excluding hydrogens is 208 g/mol. The van der Waals surface area contributed by atoms with Crippen molar-refractivity contribution in [2.75, 3.05) is 0 Å². The van der Waals surface area contributed by atoms with E-state index in [0.29, 0.717) is 0 Å². The number of hydrogen-bond donors (Lipinski definition) is 1. The van der Waals surface area contributed by atoms with Gasteiger partial charge in [-0.1, -0.05) is 19.3 Å². The quantitative estimate of drug-likeness (QED) is 0.793. The molecule has 1 aliphatic carbocycles. The maximum atomic E-state index is 12.0. The summed E-state index contributed by atoms with van der Waals surface area (Å²) < 4.78 is 1.04. The minimum absolute atomic E-state index is 0.0476. The number of nitrogens with zero attached hydrogens (tertiary/aromatic N) is 3. The first-order valence-electron chi connectivity index (χ1n) is 5.44. The number of nitrogens with two attached hydrogens (primary N) is 1. The molecule has 0 radical (unpaired) electrons. The minimum Gasteiger partial charge on any atom is -0.363 e. The van der Waals surface area contributed by atoms with Crippen LogP contribution < -0.4 is 5.73 Å². The lowest BCUT2D eigenvalue weighted by atomic mass is 9.89. The van der Waals surface area contributed by atoms with Crippen LogP contribution in [-0.4, -0.2) is 26.6 Å². The molecule has 1 amide bonds. The van der Waals surface area contributed by atoms with Gasteiger partial charge in [0.15, 0.2) is 0 Å². The van der Waals surface area contributed by atoms with Crippen LogP contribution in [0, 0.1) is 5.92 Å². The second kappa shape index (κ2) is 4.42. The maximum absolute atomic E-state index is 12.0. The molecule has 0 aromatic carbocycles. The minimum atomic E-state index is -0.721. The zero-order valence-electron chi connectivity index (χ0n) is 8.93. The fourth-order valence-corrected chi connectivity index (χ4v) is 2.09. The van der Waals surface area contributed by atoms with E-state index in [9.17, 15) is 9.59 Å². The Morgan fingerprint density at radius 1 is 1.31 bits per heavy atom. The molecule has 1 aromatic rings. The third kappa shape index (κ3) is 1.95. The van der Waals surface area contributed by atoms with E-state index in [0.717, 1.165) is 30.4 Å². The molecule has 0 unspecified atom stereocenters. The van der Waals surface area contributed by atoms with Crippen molar-refractivity contribution in [1.82, 2.24) is 14.8 Å². The molecule has 2 rings (SSSR count). The Kier molecular flexibility index (Phi) is 2.98. The van der Waals surface area contributed by atoms with E-state index in [1.807, 2.05) is 0 Å². The Morgan fingerprint density at radius 2 is 2.00 bits per heavy atom. The van der Waals surface area contributed by atoms with E-state index < -0.39 is 5.91 Å². The first-order valence-corrected chi connectivity index (χ1v) is 5.44. The lowest BCUT2D eigenvalue weighted by Gasteiger charge is -2.19. The maximum Gasteiger partial charge on any atom is 0.286 e. The topological polar surface area (TPSA) is 90.9 Å². The van der Waals surface area contributed by atoms with Gasteiger partial charge in [0.05, 0.1) is 0 Å². The highest BCUT2D eigenvalue weighted by Gasteiger charge is 2.26. The summed E-state index contributed by atoms with van der Waals surface area (Å²) in [4.78, 5) is 26.7. The lowest BCUT2D eigenvalue weighted by molar-refractivity contribution is 0.0767. The summed E-state index contributed by atoms with van der Waals surface area (Å²) in [5, 5.41) is 3.77. The molecule has 1 saturated carbocycles. The predicted molar refractivity (Wildman–Crippen MR) is 55.7 cm³/mol. The number of amides is 1.